The Labute approximate surface area is 161 Å². The van der Waals surface area contributed by atoms with E-state index in [1.807, 2.05) is 0 Å². The quantitative estimate of drug-likeness (QED) is 0.729. The van der Waals surface area contributed by atoms with Gasteiger partial charge in [0.1, 0.15) is 11.9 Å². The smallest absolute Gasteiger partial charge is 0.414 e. The average molecular weight is 389 g/mol. The van der Waals surface area contributed by atoms with Crippen LogP contribution in [0.3, 0.4) is 0 Å². The fourth-order valence-electron chi connectivity index (χ4n) is 2.79. The number of nitrogens with zero attached hydrogens (tertiary/aromatic N) is 2. The second-order valence-electron chi connectivity index (χ2n) is 6.32. The minimum absolute atomic E-state index is 0.0662. The molecule has 1 fully saturated rings. The van der Waals surface area contributed by atoms with E-state index >= 15 is 0 Å². The van der Waals surface area contributed by atoms with Gasteiger partial charge in [-0.1, -0.05) is 0 Å². The lowest BCUT2D eigenvalue weighted by atomic mass is 10.0. The van der Waals surface area contributed by atoms with E-state index in [2.05, 4.69) is 4.98 Å². The summed E-state index contributed by atoms with van der Waals surface area (Å²) in [6.45, 7) is 1.77. The van der Waals surface area contributed by atoms with E-state index < -0.39 is 29.8 Å². The molecule has 0 bridgehead atoms. The molecule has 2 heterocycles. The third-order valence-corrected chi connectivity index (χ3v) is 4.48. The molecule has 2 atom stereocenters. The lowest BCUT2D eigenvalue weighted by molar-refractivity contribution is -0.123. The SMILES string of the molecule is COCOc1ccc(-c2ccc(N3CC([C@H](C)C(N)=O)OC3=O)cc2F)cn1. The van der Waals surface area contributed by atoms with E-state index in [0.717, 1.165) is 0 Å². The molecule has 1 aromatic carbocycles. The van der Waals surface area contributed by atoms with E-state index in [0.29, 0.717) is 22.7 Å². The number of rotatable bonds is 7. The molecule has 1 saturated heterocycles. The molecule has 1 unspecified atom stereocenters. The Hall–Kier alpha value is -3.20. The Morgan fingerprint density at radius 2 is 2.21 bits per heavy atom. The van der Waals surface area contributed by atoms with Gasteiger partial charge in [-0.25, -0.2) is 14.2 Å². The Balaban J connectivity index is 1.77. The summed E-state index contributed by atoms with van der Waals surface area (Å²) < 4.78 is 29.9. The van der Waals surface area contributed by atoms with Crippen molar-refractivity contribution in [3.8, 4) is 17.0 Å². The van der Waals surface area contributed by atoms with E-state index in [-0.39, 0.29) is 13.3 Å². The van der Waals surface area contributed by atoms with Gasteiger partial charge in [-0.2, -0.15) is 0 Å². The van der Waals surface area contributed by atoms with Crippen LogP contribution in [-0.4, -0.2) is 43.5 Å². The summed E-state index contributed by atoms with van der Waals surface area (Å²) in [6, 6.07) is 7.67. The first-order valence-electron chi connectivity index (χ1n) is 8.56. The van der Waals surface area contributed by atoms with Crippen LogP contribution in [0, 0.1) is 11.7 Å². The topological polar surface area (TPSA) is 104 Å². The maximum atomic E-state index is 14.7. The average Bonchev–Trinajstić information content (AvgIpc) is 3.07. The standard InChI is InChI=1S/C19H20FN3O5/c1-11(18(21)24)16-9-23(19(25)28-16)13-4-5-14(15(20)7-13)12-3-6-17(22-8-12)27-10-26-2/h3-8,11,16H,9-10H2,1-2H3,(H2,21,24)/t11-,16?/m0/s1. The Bertz CT molecular complexity index is 874. The van der Waals surface area contributed by atoms with Crippen LogP contribution in [0.4, 0.5) is 14.9 Å². The number of hydrogen-bond acceptors (Lipinski definition) is 6. The highest BCUT2D eigenvalue weighted by molar-refractivity contribution is 5.91. The molecular weight excluding hydrogens is 369 g/mol. The van der Waals surface area contributed by atoms with E-state index in [1.165, 1.54) is 24.3 Å². The fraction of sp³-hybridized carbons (Fsp3) is 0.316. The number of anilines is 1. The van der Waals surface area contributed by atoms with Crippen molar-refractivity contribution >= 4 is 17.7 Å². The van der Waals surface area contributed by atoms with Crippen molar-refractivity contribution in [2.24, 2.45) is 11.7 Å². The maximum Gasteiger partial charge on any atom is 0.414 e. The van der Waals surface area contributed by atoms with Crippen molar-refractivity contribution in [3.05, 3.63) is 42.3 Å². The predicted molar refractivity (Wildman–Crippen MR) is 98.1 cm³/mol. The monoisotopic (exact) mass is 389 g/mol. The maximum absolute atomic E-state index is 14.7. The molecule has 0 saturated carbocycles. The van der Waals surface area contributed by atoms with E-state index in [1.54, 1.807) is 31.2 Å². The predicted octanol–water partition coefficient (Wildman–Crippen LogP) is 2.32. The number of nitrogens with two attached hydrogens (primary N) is 1. The number of ether oxygens (including phenoxy) is 3. The number of carbonyl (C=O) groups is 2. The molecule has 0 radical (unpaired) electrons. The molecule has 3 rings (SSSR count). The fourth-order valence-corrected chi connectivity index (χ4v) is 2.79. The highest BCUT2D eigenvalue weighted by atomic mass is 19.1. The molecule has 2 aromatic rings. The highest BCUT2D eigenvalue weighted by Gasteiger charge is 2.37. The minimum Gasteiger partial charge on any atom is -0.451 e. The van der Waals surface area contributed by atoms with Crippen LogP contribution in [0.2, 0.25) is 0 Å². The summed E-state index contributed by atoms with van der Waals surface area (Å²) in [4.78, 5) is 28.8. The number of pyridine rings is 1. The first-order valence-corrected chi connectivity index (χ1v) is 8.56. The van der Waals surface area contributed by atoms with Crippen molar-refractivity contribution < 1.29 is 28.2 Å². The van der Waals surface area contributed by atoms with Gasteiger partial charge in [0.25, 0.3) is 0 Å². The molecule has 8 nitrogen and oxygen atoms in total. The number of aromatic nitrogens is 1. The van der Waals surface area contributed by atoms with Gasteiger partial charge in [0.05, 0.1) is 18.2 Å². The van der Waals surface area contributed by atoms with Gasteiger partial charge < -0.3 is 19.9 Å². The Morgan fingerprint density at radius 3 is 2.82 bits per heavy atom. The van der Waals surface area contributed by atoms with Crippen molar-refractivity contribution in [3.63, 3.8) is 0 Å². The van der Waals surface area contributed by atoms with Crippen LogP contribution in [0.25, 0.3) is 11.1 Å². The lowest BCUT2D eigenvalue weighted by Gasteiger charge is -2.15. The molecule has 1 aliphatic rings. The molecule has 148 valence electrons. The minimum atomic E-state index is -0.670. The second-order valence-corrected chi connectivity index (χ2v) is 6.32. The van der Waals surface area contributed by atoms with Gasteiger partial charge >= 0.3 is 6.09 Å². The summed E-state index contributed by atoms with van der Waals surface area (Å²) in [6.07, 6.45) is 0.167. The molecule has 1 aromatic heterocycles. The molecule has 28 heavy (non-hydrogen) atoms. The number of carbonyl (C=O) groups excluding carboxylic acids is 2. The third kappa shape index (κ3) is 4.04. The number of cyclic esters (lactones) is 1. The normalized spacial score (nSPS) is 17.3. The van der Waals surface area contributed by atoms with Crippen molar-refractivity contribution in [2.75, 3.05) is 25.3 Å². The van der Waals surface area contributed by atoms with E-state index in [9.17, 15) is 14.0 Å². The Kier molecular flexibility index (Phi) is 5.74. The van der Waals surface area contributed by atoms with Crippen LogP contribution in [0.1, 0.15) is 6.92 Å². The van der Waals surface area contributed by atoms with Crippen molar-refractivity contribution in [1.82, 2.24) is 4.98 Å². The Morgan fingerprint density at radius 1 is 1.43 bits per heavy atom. The van der Waals surface area contributed by atoms with Crippen molar-refractivity contribution in [1.29, 1.82) is 0 Å². The van der Waals surface area contributed by atoms with Crippen LogP contribution in [-0.2, 0) is 14.3 Å². The summed E-state index contributed by atoms with van der Waals surface area (Å²) in [5, 5.41) is 0. The molecule has 1 aliphatic heterocycles. The highest BCUT2D eigenvalue weighted by Crippen LogP contribution is 2.30. The lowest BCUT2D eigenvalue weighted by Crippen LogP contribution is -2.34. The van der Waals surface area contributed by atoms with Gasteiger partial charge in [0.15, 0.2) is 6.79 Å². The molecule has 2 amide bonds. The molecule has 9 heteroatoms. The van der Waals surface area contributed by atoms with Gasteiger partial charge in [0.2, 0.25) is 11.8 Å². The zero-order valence-electron chi connectivity index (χ0n) is 15.4. The zero-order valence-corrected chi connectivity index (χ0v) is 15.4. The van der Waals surface area contributed by atoms with Crippen LogP contribution in [0.15, 0.2) is 36.5 Å². The molecular formula is C19H20FN3O5. The number of hydrogen-bond donors (Lipinski definition) is 1. The van der Waals surface area contributed by atoms with Crippen molar-refractivity contribution in [2.45, 2.75) is 13.0 Å². The number of benzene rings is 1. The number of methoxy groups -OCH3 is 1. The third-order valence-electron chi connectivity index (χ3n) is 4.48. The second kappa shape index (κ2) is 8.22. The number of amides is 2. The van der Waals surface area contributed by atoms with Gasteiger partial charge in [0, 0.05) is 30.5 Å². The number of primary amides is 1. The zero-order chi connectivity index (χ0) is 20.3. The molecule has 0 aliphatic carbocycles. The first kappa shape index (κ1) is 19.6. The number of halogens is 1. The van der Waals surface area contributed by atoms with Crippen LogP contribution in [0.5, 0.6) is 5.88 Å². The summed E-state index contributed by atoms with van der Waals surface area (Å²) in [7, 11) is 1.50. The van der Waals surface area contributed by atoms with Gasteiger partial charge in [-0.3, -0.25) is 9.69 Å². The summed E-state index contributed by atoms with van der Waals surface area (Å²) in [5.41, 5.74) is 6.47. The van der Waals surface area contributed by atoms with Crippen LogP contribution >= 0.6 is 0 Å². The van der Waals surface area contributed by atoms with Gasteiger partial charge in [-0.15, -0.1) is 0 Å². The van der Waals surface area contributed by atoms with Gasteiger partial charge in [-0.05, 0) is 31.2 Å². The van der Waals surface area contributed by atoms with Crippen LogP contribution < -0.4 is 15.4 Å². The molecule has 2 N–H and O–H groups in total. The summed E-state index contributed by atoms with van der Waals surface area (Å²) >= 11 is 0. The largest absolute Gasteiger partial charge is 0.451 e. The first-order chi connectivity index (χ1) is 13.4. The summed E-state index contributed by atoms with van der Waals surface area (Å²) in [5.74, 6) is -1.37. The van der Waals surface area contributed by atoms with E-state index in [4.69, 9.17) is 19.9 Å². The molecule has 0 spiro atoms.